The Hall–Kier alpha value is -0.600. The van der Waals surface area contributed by atoms with Crippen LogP contribution in [0, 0.1) is 11.7 Å². The SMILES string of the molecule is NC1CCCC1Cc1cccc(F)c1Cl. The molecule has 0 amide bonds. The zero-order valence-electron chi connectivity index (χ0n) is 8.55. The monoisotopic (exact) mass is 227 g/mol. The minimum atomic E-state index is -0.333. The molecule has 0 spiro atoms. The first-order valence-electron chi connectivity index (χ1n) is 5.37. The fourth-order valence-electron chi connectivity index (χ4n) is 2.31. The molecule has 0 aliphatic heterocycles. The smallest absolute Gasteiger partial charge is 0.142 e. The van der Waals surface area contributed by atoms with E-state index >= 15 is 0 Å². The molecular formula is C12H15ClFN. The van der Waals surface area contributed by atoms with Crippen LogP contribution >= 0.6 is 11.6 Å². The molecule has 0 radical (unpaired) electrons. The number of hydrogen-bond donors (Lipinski definition) is 1. The van der Waals surface area contributed by atoms with Crippen LogP contribution in [0.4, 0.5) is 4.39 Å². The standard InChI is InChI=1S/C12H15ClFN/c13-12-9(4-1-5-10(12)14)7-8-3-2-6-11(8)15/h1,4-5,8,11H,2-3,6-7,15H2. The summed E-state index contributed by atoms with van der Waals surface area (Å²) < 4.78 is 13.2. The average molecular weight is 228 g/mol. The largest absolute Gasteiger partial charge is 0.327 e. The van der Waals surface area contributed by atoms with Gasteiger partial charge in [0.2, 0.25) is 0 Å². The lowest BCUT2D eigenvalue weighted by Gasteiger charge is -2.16. The maximum atomic E-state index is 13.2. The van der Waals surface area contributed by atoms with Gasteiger partial charge in [-0.1, -0.05) is 30.2 Å². The molecule has 2 unspecified atom stereocenters. The maximum Gasteiger partial charge on any atom is 0.142 e. The normalized spacial score (nSPS) is 25.8. The van der Waals surface area contributed by atoms with Gasteiger partial charge in [0.25, 0.3) is 0 Å². The van der Waals surface area contributed by atoms with Crippen LogP contribution in [0.3, 0.4) is 0 Å². The Morgan fingerprint density at radius 2 is 2.20 bits per heavy atom. The van der Waals surface area contributed by atoms with Crippen LogP contribution in [0.2, 0.25) is 5.02 Å². The minimum absolute atomic E-state index is 0.254. The molecule has 3 heteroatoms. The van der Waals surface area contributed by atoms with E-state index in [0.717, 1.165) is 24.8 Å². The van der Waals surface area contributed by atoms with Gasteiger partial charge in [-0.15, -0.1) is 0 Å². The summed E-state index contributed by atoms with van der Waals surface area (Å²) in [6.07, 6.45) is 4.20. The summed E-state index contributed by atoms with van der Waals surface area (Å²) in [6, 6.07) is 5.23. The van der Waals surface area contributed by atoms with Gasteiger partial charge >= 0.3 is 0 Å². The van der Waals surface area contributed by atoms with Crippen LogP contribution in [0.25, 0.3) is 0 Å². The molecule has 1 aliphatic carbocycles. The number of benzene rings is 1. The highest BCUT2D eigenvalue weighted by atomic mass is 35.5. The van der Waals surface area contributed by atoms with E-state index in [4.69, 9.17) is 17.3 Å². The third-order valence-electron chi connectivity index (χ3n) is 3.23. The van der Waals surface area contributed by atoms with Crippen molar-refractivity contribution in [2.45, 2.75) is 31.7 Å². The molecule has 82 valence electrons. The molecule has 2 N–H and O–H groups in total. The van der Waals surface area contributed by atoms with Crippen molar-refractivity contribution in [2.24, 2.45) is 11.7 Å². The highest BCUT2D eigenvalue weighted by Crippen LogP contribution is 2.30. The van der Waals surface area contributed by atoms with E-state index in [1.165, 1.54) is 12.5 Å². The first kappa shape index (κ1) is 10.9. The summed E-state index contributed by atoms with van der Waals surface area (Å²) in [5.74, 6) is 0.130. The molecule has 1 aromatic rings. The molecule has 1 nitrogen and oxygen atoms in total. The number of rotatable bonds is 2. The predicted molar refractivity (Wildman–Crippen MR) is 60.4 cm³/mol. The summed E-state index contributed by atoms with van der Waals surface area (Å²) in [4.78, 5) is 0. The molecule has 1 saturated carbocycles. The highest BCUT2D eigenvalue weighted by Gasteiger charge is 2.24. The van der Waals surface area contributed by atoms with Gasteiger partial charge in [-0.3, -0.25) is 0 Å². The molecule has 1 aromatic carbocycles. The summed E-state index contributed by atoms with van der Waals surface area (Å²) in [5.41, 5.74) is 6.87. The third-order valence-corrected chi connectivity index (χ3v) is 3.65. The van der Waals surface area contributed by atoms with Crippen LogP contribution in [0.5, 0.6) is 0 Å². The van der Waals surface area contributed by atoms with E-state index in [1.54, 1.807) is 6.07 Å². The molecular weight excluding hydrogens is 213 g/mol. The predicted octanol–water partition coefficient (Wildman–Crippen LogP) is 3.15. The quantitative estimate of drug-likeness (QED) is 0.825. The summed E-state index contributed by atoms with van der Waals surface area (Å²) in [5, 5.41) is 0.261. The fourth-order valence-corrected chi connectivity index (χ4v) is 2.51. The minimum Gasteiger partial charge on any atom is -0.327 e. The van der Waals surface area contributed by atoms with Crippen molar-refractivity contribution in [3.63, 3.8) is 0 Å². The van der Waals surface area contributed by atoms with E-state index < -0.39 is 0 Å². The lowest BCUT2D eigenvalue weighted by Crippen LogP contribution is -2.25. The van der Waals surface area contributed by atoms with E-state index in [-0.39, 0.29) is 16.9 Å². The third kappa shape index (κ3) is 2.32. The van der Waals surface area contributed by atoms with Crippen LogP contribution in [0.1, 0.15) is 24.8 Å². The molecule has 1 aliphatic rings. The zero-order chi connectivity index (χ0) is 10.8. The Morgan fingerprint density at radius 1 is 1.40 bits per heavy atom. The van der Waals surface area contributed by atoms with Gasteiger partial charge in [-0.25, -0.2) is 4.39 Å². The van der Waals surface area contributed by atoms with Crippen molar-refractivity contribution in [3.05, 3.63) is 34.6 Å². The van der Waals surface area contributed by atoms with Gasteiger partial charge in [0.15, 0.2) is 0 Å². The first-order chi connectivity index (χ1) is 7.18. The van der Waals surface area contributed by atoms with Gasteiger partial charge in [-0.2, -0.15) is 0 Å². The van der Waals surface area contributed by atoms with E-state index in [9.17, 15) is 4.39 Å². The first-order valence-corrected chi connectivity index (χ1v) is 5.74. The zero-order valence-corrected chi connectivity index (χ0v) is 9.30. The van der Waals surface area contributed by atoms with Crippen molar-refractivity contribution in [3.8, 4) is 0 Å². The van der Waals surface area contributed by atoms with E-state index in [1.807, 2.05) is 6.07 Å². The Kier molecular flexibility index (Phi) is 3.27. The Labute approximate surface area is 94.4 Å². The van der Waals surface area contributed by atoms with Crippen molar-refractivity contribution in [1.82, 2.24) is 0 Å². The Bertz CT molecular complexity index is 353. The van der Waals surface area contributed by atoms with Crippen molar-refractivity contribution in [1.29, 1.82) is 0 Å². The Morgan fingerprint density at radius 3 is 2.87 bits per heavy atom. The maximum absolute atomic E-state index is 13.2. The van der Waals surface area contributed by atoms with Crippen LogP contribution in [-0.2, 0) is 6.42 Å². The van der Waals surface area contributed by atoms with Crippen molar-refractivity contribution >= 4 is 11.6 Å². The average Bonchev–Trinajstić information content (AvgIpc) is 2.60. The number of hydrogen-bond acceptors (Lipinski definition) is 1. The molecule has 2 rings (SSSR count). The summed E-state index contributed by atoms with van der Waals surface area (Å²) in [6.45, 7) is 0. The lowest BCUT2D eigenvalue weighted by atomic mass is 9.95. The second kappa shape index (κ2) is 4.50. The molecule has 2 atom stereocenters. The molecule has 0 heterocycles. The topological polar surface area (TPSA) is 26.0 Å². The van der Waals surface area contributed by atoms with Gasteiger partial charge in [0.1, 0.15) is 5.82 Å². The fraction of sp³-hybridized carbons (Fsp3) is 0.500. The van der Waals surface area contributed by atoms with Crippen LogP contribution in [0.15, 0.2) is 18.2 Å². The number of halogens is 2. The molecule has 15 heavy (non-hydrogen) atoms. The molecule has 1 fully saturated rings. The summed E-state index contributed by atoms with van der Waals surface area (Å²) in [7, 11) is 0. The van der Waals surface area contributed by atoms with E-state index in [0.29, 0.717) is 5.92 Å². The van der Waals surface area contributed by atoms with Crippen LogP contribution in [-0.4, -0.2) is 6.04 Å². The number of nitrogens with two attached hydrogens (primary N) is 1. The highest BCUT2D eigenvalue weighted by molar-refractivity contribution is 6.31. The summed E-state index contributed by atoms with van der Waals surface area (Å²) >= 11 is 5.90. The Balaban J connectivity index is 2.13. The van der Waals surface area contributed by atoms with E-state index in [2.05, 4.69) is 0 Å². The van der Waals surface area contributed by atoms with Gasteiger partial charge in [0, 0.05) is 6.04 Å². The lowest BCUT2D eigenvalue weighted by molar-refractivity contribution is 0.477. The second-order valence-corrected chi connectivity index (χ2v) is 4.65. The van der Waals surface area contributed by atoms with Gasteiger partial charge in [0.05, 0.1) is 5.02 Å². The van der Waals surface area contributed by atoms with Crippen molar-refractivity contribution in [2.75, 3.05) is 0 Å². The second-order valence-electron chi connectivity index (χ2n) is 4.27. The van der Waals surface area contributed by atoms with Crippen LogP contribution < -0.4 is 5.73 Å². The van der Waals surface area contributed by atoms with Gasteiger partial charge in [-0.05, 0) is 36.8 Å². The molecule has 0 bridgehead atoms. The molecule has 0 aromatic heterocycles. The molecule has 0 saturated heterocycles. The van der Waals surface area contributed by atoms with Crippen molar-refractivity contribution < 1.29 is 4.39 Å². The van der Waals surface area contributed by atoms with Gasteiger partial charge < -0.3 is 5.73 Å².